The van der Waals surface area contributed by atoms with Crippen LogP contribution in [0.2, 0.25) is 5.02 Å². The van der Waals surface area contributed by atoms with E-state index < -0.39 is 29.7 Å². The highest BCUT2D eigenvalue weighted by Crippen LogP contribution is 2.24. The van der Waals surface area contributed by atoms with Crippen molar-refractivity contribution in [1.82, 2.24) is 20.7 Å². The van der Waals surface area contributed by atoms with Gasteiger partial charge in [-0.15, -0.1) is 0 Å². The number of imide groups is 1. The number of aromatic nitrogens is 1. The molecular formula is C18H12ClFN4O3. The minimum atomic E-state index is -1.21. The Morgan fingerprint density at radius 2 is 1.93 bits per heavy atom. The van der Waals surface area contributed by atoms with Crippen LogP contribution in [0.3, 0.4) is 0 Å². The zero-order valence-corrected chi connectivity index (χ0v) is 14.4. The summed E-state index contributed by atoms with van der Waals surface area (Å²) >= 11 is 5.92. The second kappa shape index (κ2) is 6.40. The number of amides is 4. The molecule has 1 saturated heterocycles. The molecule has 1 aromatic heterocycles. The lowest BCUT2D eigenvalue weighted by Gasteiger charge is -2.13. The first-order valence-electron chi connectivity index (χ1n) is 7.92. The van der Waals surface area contributed by atoms with Crippen molar-refractivity contribution in [3.8, 4) is 0 Å². The Balaban J connectivity index is 1.56. The molecule has 0 saturated carbocycles. The summed E-state index contributed by atoms with van der Waals surface area (Å²) in [7, 11) is 0. The van der Waals surface area contributed by atoms with Crippen LogP contribution in [0.25, 0.3) is 10.9 Å². The summed E-state index contributed by atoms with van der Waals surface area (Å²) in [6, 6.07) is 10.1. The van der Waals surface area contributed by atoms with Crippen LogP contribution >= 0.6 is 11.6 Å². The number of nitrogens with one attached hydrogen (secondary N) is 3. The Kier molecular flexibility index (Phi) is 4.04. The molecule has 3 N–H and O–H groups in total. The van der Waals surface area contributed by atoms with Gasteiger partial charge in [0.25, 0.3) is 11.8 Å². The molecule has 1 aliphatic heterocycles. The van der Waals surface area contributed by atoms with Crippen molar-refractivity contribution in [2.24, 2.45) is 0 Å². The number of H-pyrrole nitrogens is 1. The molecule has 4 rings (SSSR count). The number of hydrogen-bond acceptors (Lipinski definition) is 3. The summed E-state index contributed by atoms with van der Waals surface area (Å²) in [6.45, 7) is 0. The quantitative estimate of drug-likeness (QED) is 0.604. The molecule has 1 aliphatic rings. The average molecular weight is 387 g/mol. The molecule has 2 aromatic carbocycles. The van der Waals surface area contributed by atoms with E-state index in [4.69, 9.17) is 11.6 Å². The molecule has 7 nitrogen and oxygen atoms in total. The average Bonchev–Trinajstić information content (AvgIpc) is 3.18. The number of fused-ring (bicyclic) bond motifs is 1. The first-order chi connectivity index (χ1) is 12.9. The fourth-order valence-corrected chi connectivity index (χ4v) is 3.07. The van der Waals surface area contributed by atoms with Crippen molar-refractivity contribution >= 4 is 40.3 Å². The summed E-state index contributed by atoms with van der Waals surface area (Å²) in [6.07, 6.45) is 0. The highest BCUT2D eigenvalue weighted by molar-refractivity contribution is 6.31. The first kappa shape index (κ1) is 17.0. The minimum Gasteiger partial charge on any atom is -0.350 e. The molecular weight excluding hydrogens is 375 g/mol. The Bertz CT molecular complexity index is 1100. The lowest BCUT2D eigenvalue weighted by atomic mass is 10.1. The van der Waals surface area contributed by atoms with Crippen molar-refractivity contribution in [3.63, 3.8) is 0 Å². The molecule has 4 amide bonds. The molecule has 1 fully saturated rings. The molecule has 1 unspecified atom stereocenters. The molecule has 0 spiro atoms. The van der Waals surface area contributed by atoms with E-state index in [1.54, 1.807) is 30.3 Å². The Labute approximate surface area is 157 Å². The van der Waals surface area contributed by atoms with Gasteiger partial charge in [0, 0.05) is 21.5 Å². The number of carbonyl (C=O) groups excluding carboxylic acids is 3. The van der Waals surface area contributed by atoms with Gasteiger partial charge in [-0.25, -0.2) is 9.18 Å². The van der Waals surface area contributed by atoms with Gasteiger partial charge in [-0.3, -0.25) is 15.0 Å². The van der Waals surface area contributed by atoms with E-state index in [1.807, 2.05) is 0 Å². The maximum atomic E-state index is 13.9. The smallest absolute Gasteiger partial charge is 0.344 e. The third kappa shape index (κ3) is 3.00. The van der Waals surface area contributed by atoms with Crippen molar-refractivity contribution in [1.29, 1.82) is 0 Å². The normalized spacial score (nSPS) is 16.7. The lowest BCUT2D eigenvalue weighted by molar-refractivity contribution is -0.129. The number of urea groups is 1. The number of hydrogen-bond donors (Lipinski definition) is 3. The van der Waals surface area contributed by atoms with Crippen molar-refractivity contribution in [2.75, 3.05) is 0 Å². The van der Waals surface area contributed by atoms with Crippen molar-refractivity contribution in [3.05, 3.63) is 70.6 Å². The highest BCUT2D eigenvalue weighted by Gasteiger charge is 2.41. The Morgan fingerprint density at radius 1 is 1.15 bits per heavy atom. The van der Waals surface area contributed by atoms with Crippen molar-refractivity contribution in [2.45, 2.75) is 6.04 Å². The SMILES string of the molecule is O=C(NN1C(=O)NC(c2ccccc2F)C1=O)c1cc2cc(Cl)ccc2[nH]1. The summed E-state index contributed by atoms with van der Waals surface area (Å²) in [5, 5.41) is 4.11. The van der Waals surface area contributed by atoms with Crippen LogP contribution in [-0.4, -0.2) is 27.8 Å². The van der Waals surface area contributed by atoms with E-state index >= 15 is 0 Å². The standard InChI is InChI=1S/C18H12ClFN4O3/c19-10-5-6-13-9(7-10)8-14(21-13)16(25)23-24-17(26)15(22-18(24)27)11-3-1-2-4-12(11)20/h1-8,15,21H,(H,22,27)(H,23,25). The van der Waals surface area contributed by atoms with E-state index in [2.05, 4.69) is 15.7 Å². The van der Waals surface area contributed by atoms with Gasteiger partial charge in [0.1, 0.15) is 17.6 Å². The number of halogens is 2. The molecule has 1 atom stereocenters. The topological polar surface area (TPSA) is 94.3 Å². The molecule has 0 bridgehead atoms. The Morgan fingerprint density at radius 3 is 2.70 bits per heavy atom. The van der Waals surface area contributed by atoms with E-state index in [9.17, 15) is 18.8 Å². The maximum absolute atomic E-state index is 13.9. The van der Waals surface area contributed by atoms with E-state index in [0.29, 0.717) is 20.9 Å². The monoisotopic (exact) mass is 386 g/mol. The third-order valence-corrected chi connectivity index (χ3v) is 4.43. The second-order valence-corrected chi connectivity index (χ2v) is 6.37. The molecule has 27 heavy (non-hydrogen) atoms. The van der Waals surface area contributed by atoms with Crippen LogP contribution in [0.1, 0.15) is 22.1 Å². The number of rotatable bonds is 3. The number of aromatic amines is 1. The summed E-state index contributed by atoms with van der Waals surface area (Å²) in [5.74, 6) is -2.10. The maximum Gasteiger partial charge on any atom is 0.344 e. The van der Waals surface area contributed by atoms with Gasteiger partial charge >= 0.3 is 6.03 Å². The van der Waals surface area contributed by atoms with Crippen LogP contribution in [0.15, 0.2) is 48.5 Å². The van der Waals surface area contributed by atoms with Gasteiger partial charge in [-0.2, -0.15) is 5.01 Å². The molecule has 3 aromatic rings. The minimum absolute atomic E-state index is 0.0212. The van der Waals surface area contributed by atoms with Crippen LogP contribution in [-0.2, 0) is 4.79 Å². The van der Waals surface area contributed by atoms with Gasteiger partial charge in [0.15, 0.2) is 0 Å². The van der Waals surface area contributed by atoms with Gasteiger partial charge in [0.05, 0.1) is 0 Å². The summed E-state index contributed by atoms with van der Waals surface area (Å²) in [4.78, 5) is 39.9. The molecule has 0 radical (unpaired) electrons. The number of carbonyl (C=O) groups is 3. The van der Waals surface area contributed by atoms with Crippen LogP contribution in [0.5, 0.6) is 0 Å². The second-order valence-electron chi connectivity index (χ2n) is 5.93. The fraction of sp³-hybridized carbons (Fsp3) is 0.0556. The van der Waals surface area contributed by atoms with Crippen molar-refractivity contribution < 1.29 is 18.8 Å². The molecule has 0 aliphatic carbocycles. The molecule has 136 valence electrons. The zero-order chi connectivity index (χ0) is 19.1. The zero-order valence-electron chi connectivity index (χ0n) is 13.6. The highest BCUT2D eigenvalue weighted by atomic mass is 35.5. The van der Waals surface area contributed by atoms with Crippen LogP contribution in [0.4, 0.5) is 9.18 Å². The number of benzene rings is 2. The first-order valence-corrected chi connectivity index (χ1v) is 8.30. The van der Waals surface area contributed by atoms with E-state index in [-0.39, 0.29) is 11.3 Å². The van der Waals surface area contributed by atoms with Gasteiger partial charge in [-0.1, -0.05) is 29.8 Å². The van der Waals surface area contributed by atoms with Crippen LogP contribution < -0.4 is 10.7 Å². The van der Waals surface area contributed by atoms with Gasteiger partial charge in [0.2, 0.25) is 0 Å². The lowest BCUT2D eigenvalue weighted by Crippen LogP contribution is -2.46. The van der Waals surface area contributed by atoms with E-state index in [0.717, 1.165) is 0 Å². The van der Waals surface area contributed by atoms with Gasteiger partial charge < -0.3 is 10.3 Å². The van der Waals surface area contributed by atoms with E-state index in [1.165, 1.54) is 18.2 Å². The van der Waals surface area contributed by atoms with Gasteiger partial charge in [-0.05, 0) is 30.3 Å². The summed E-state index contributed by atoms with van der Waals surface area (Å²) in [5.41, 5.74) is 3.07. The molecule has 2 heterocycles. The fourth-order valence-electron chi connectivity index (χ4n) is 2.89. The predicted molar refractivity (Wildman–Crippen MR) is 95.3 cm³/mol. The third-order valence-electron chi connectivity index (χ3n) is 4.20. The Hall–Kier alpha value is -3.39. The largest absolute Gasteiger partial charge is 0.350 e. The molecule has 9 heteroatoms. The number of nitrogens with zero attached hydrogens (tertiary/aromatic N) is 1. The number of hydrazine groups is 1. The predicted octanol–water partition coefficient (Wildman–Crippen LogP) is 2.90. The van der Waals surface area contributed by atoms with Crippen LogP contribution in [0, 0.1) is 5.82 Å². The summed E-state index contributed by atoms with van der Waals surface area (Å²) < 4.78 is 13.9.